The number of phosphoric ester groups is 2. The van der Waals surface area contributed by atoms with Crippen LogP contribution in [0.2, 0.25) is 0 Å². The minimum absolute atomic E-state index is 0.108. The molecular weight excluding hydrogens is 1440 g/mol. The van der Waals surface area contributed by atoms with E-state index in [-0.39, 0.29) is 25.7 Å². The topological polar surface area (TPSA) is 237 Å². The van der Waals surface area contributed by atoms with Crippen molar-refractivity contribution in [2.24, 2.45) is 17.8 Å². The fourth-order valence-corrected chi connectivity index (χ4v) is 16.0. The highest BCUT2D eigenvalue weighted by molar-refractivity contribution is 7.47. The SMILES string of the molecule is CCCCCCCCCCCCCCCCCCCCCC(=O)O[C@H](COC(=O)CCCCCCCCCCCC(C)C)COP(=O)(O)OC[C@H](O)COP(=O)(O)OC[C@@H](COC(=O)CCCCCCCCCCCCCCCCCCC(C)C)OC(=O)CCCCCCCCCCCCCCCCCCCCC(C)C. The first-order valence-electron chi connectivity index (χ1n) is 47.3. The summed E-state index contributed by atoms with van der Waals surface area (Å²) >= 11 is 0. The second-order valence-electron chi connectivity index (χ2n) is 34.5. The lowest BCUT2D eigenvalue weighted by atomic mass is 10.0. The summed E-state index contributed by atoms with van der Waals surface area (Å²) in [6.07, 6.45) is 75.1. The lowest BCUT2D eigenvalue weighted by Crippen LogP contribution is -2.30. The third-order valence-corrected chi connectivity index (χ3v) is 23.5. The molecule has 0 fully saturated rings. The normalized spacial score (nSPS) is 13.8. The van der Waals surface area contributed by atoms with E-state index in [0.717, 1.165) is 108 Å². The predicted molar refractivity (Wildman–Crippen MR) is 460 cm³/mol. The first-order chi connectivity index (χ1) is 53.7. The number of aliphatic hydroxyl groups is 1. The number of hydrogen-bond acceptors (Lipinski definition) is 15. The van der Waals surface area contributed by atoms with Crippen molar-refractivity contribution in [1.29, 1.82) is 0 Å². The Morgan fingerprint density at radius 2 is 0.414 bits per heavy atom. The van der Waals surface area contributed by atoms with Crippen molar-refractivity contribution in [3.8, 4) is 0 Å². The molecule has 111 heavy (non-hydrogen) atoms. The lowest BCUT2D eigenvalue weighted by Gasteiger charge is -2.21. The fraction of sp³-hybridized carbons (Fsp3) is 0.957. The van der Waals surface area contributed by atoms with Gasteiger partial charge in [-0.2, -0.15) is 0 Å². The molecule has 0 radical (unpaired) electrons. The van der Waals surface area contributed by atoms with Gasteiger partial charge in [-0.05, 0) is 43.4 Å². The zero-order valence-corrected chi connectivity index (χ0v) is 75.2. The maximum atomic E-state index is 13.2. The van der Waals surface area contributed by atoms with Crippen LogP contribution in [0.1, 0.15) is 492 Å². The number of unbranched alkanes of at least 4 members (excludes halogenated alkanes) is 58. The van der Waals surface area contributed by atoms with Crippen molar-refractivity contribution >= 4 is 39.5 Å². The molecule has 5 atom stereocenters. The van der Waals surface area contributed by atoms with Crippen LogP contribution < -0.4 is 0 Å². The van der Waals surface area contributed by atoms with Crippen LogP contribution in [0.4, 0.5) is 0 Å². The molecule has 17 nitrogen and oxygen atoms in total. The number of hydrogen-bond donors (Lipinski definition) is 3. The van der Waals surface area contributed by atoms with Crippen molar-refractivity contribution in [2.45, 2.75) is 510 Å². The van der Waals surface area contributed by atoms with Gasteiger partial charge in [-0.1, -0.05) is 440 Å². The standard InChI is InChI=1S/C92H180O17P2/c1-8-9-10-11-12-13-14-15-16-17-18-22-29-34-39-46-54-61-68-76-92(97)109-88(80-103-90(95)74-67-60-53-48-41-44-51-58-65-72-85(6)7)82-107-111(100,101)105-78-86(93)77-104-110(98,99)106-81-87(79-102-89(94)73-66-59-52-45-38-33-28-25-24-27-32-37-43-50-57-64-71-84(4)5)108-91(96)75-69-62-55-47-40-35-30-23-20-19-21-26-31-36-42-49-56-63-70-83(2)3/h83-88,93H,8-82H2,1-7H3,(H,98,99)(H,100,101)/t86-,87-,88-/m1/s1. The summed E-state index contributed by atoms with van der Waals surface area (Å²) in [6, 6.07) is 0. The van der Waals surface area contributed by atoms with Crippen LogP contribution in [-0.2, 0) is 65.4 Å². The Hall–Kier alpha value is -1.94. The molecule has 19 heteroatoms. The van der Waals surface area contributed by atoms with E-state index in [0.29, 0.717) is 25.7 Å². The molecule has 0 aliphatic rings. The molecule has 0 saturated heterocycles. The molecule has 3 N–H and O–H groups in total. The Morgan fingerprint density at radius 3 is 0.613 bits per heavy atom. The molecule has 0 aliphatic heterocycles. The van der Waals surface area contributed by atoms with Crippen LogP contribution in [0.25, 0.3) is 0 Å². The van der Waals surface area contributed by atoms with Crippen molar-refractivity contribution in [3.63, 3.8) is 0 Å². The Balaban J connectivity index is 5.25. The highest BCUT2D eigenvalue weighted by Crippen LogP contribution is 2.45. The second-order valence-corrected chi connectivity index (χ2v) is 37.4. The van der Waals surface area contributed by atoms with E-state index in [2.05, 4.69) is 48.5 Å². The van der Waals surface area contributed by atoms with Crippen LogP contribution >= 0.6 is 15.6 Å². The average Bonchev–Trinajstić information content (AvgIpc) is 0.898. The van der Waals surface area contributed by atoms with Crippen LogP contribution in [0, 0.1) is 17.8 Å². The molecule has 0 heterocycles. The van der Waals surface area contributed by atoms with E-state index in [1.54, 1.807) is 0 Å². The molecular formula is C92H180O17P2. The Morgan fingerprint density at radius 1 is 0.243 bits per heavy atom. The highest BCUT2D eigenvalue weighted by atomic mass is 31.2. The number of esters is 4. The van der Waals surface area contributed by atoms with E-state index >= 15 is 0 Å². The molecule has 0 amide bonds. The average molecular weight is 1620 g/mol. The molecule has 0 aromatic rings. The van der Waals surface area contributed by atoms with Gasteiger partial charge in [-0.3, -0.25) is 37.3 Å². The number of rotatable bonds is 90. The quantitative estimate of drug-likeness (QED) is 0.0222. The van der Waals surface area contributed by atoms with E-state index < -0.39 is 97.5 Å². The van der Waals surface area contributed by atoms with Gasteiger partial charge in [0.25, 0.3) is 0 Å². The summed E-state index contributed by atoms with van der Waals surface area (Å²) in [5, 5.41) is 10.7. The zero-order chi connectivity index (χ0) is 81.5. The Bertz CT molecular complexity index is 2130. The summed E-state index contributed by atoms with van der Waals surface area (Å²) < 4.78 is 69.1. The molecule has 0 spiro atoms. The molecule has 0 aliphatic carbocycles. The summed E-state index contributed by atoms with van der Waals surface area (Å²) in [4.78, 5) is 73.5. The van der Waals surface area contributed by atoms with Crippen molar-refractivity contribution in [1.82, 2.24) is 0 Å². The fourth-order valence-electron chi connectivity index (χ4n) is 14.4. The smallest absolute Gasteiger partial charge is 0.462 e. The first-order valence-corrected chi connectivity index (χ1v) is 50.3. The van der Waals surface area contributed by atoms with Crippen molar-refractivity contribution in [3.05, 3.63) is 0 Å². The molecule has 0 rings (SSSR count). The molecule has 660 valence electrons. The van der Waals surface area contributed by atoms with Gasteiger partial charge >= 0.3 is 39.5 Å². The largest absolute Gasteiger partial charge is 0.472 e. The van der Waals surface area contributed by atoms with Crippen LogP contribution in [0.15, 0.2) is 0 Å². The van der Waals surface area contributed by atoms with E-state index in [9.17, 15) is 43.2 Å². The summed E-state index contributed by atoms with van der Waals surface area (Å²) in [5.41, 5.74) is 0. The third kappa shape index (κ3) is 85.8. The van der Waals surface area contributed by atoms with E-state index in [1.807, 2.05) is 0 Å². The second kappa shape index (κ2) is 81.8. The lowest BCUT2D eigenvalue weighted by molar-refractivity contribution is -0.161. The number of phosphoric acid groups is 2. The van der Waals surface area contributed by atoms with Gasteiger partial charge in [0.15, 0.2) is 12.2 Å². The van der Waals surface area contributed by atoms with Gasteiger partial charge in [-0.15, -0.1) is 0 Å². The molecule has 0 aromatic heterocycles. The van der Waals surface area contributed by atoms with Gasteiger partial charge in [-0.25, -0.2) is 9.13 Å². The van der Waals surface area contributed by atoms with Crippen molar-refractivity contribution < 1.29 is 80.2 Å². The summed E-state index contributed by atoms with van der Waals surface area (Å²) in [6.45, 7) is 12.1. The van der Waals surface area contributed by atoms with Crippen LogP contribution in [-0.4, -0.2) is 96.7 Å². The first kappa shape index (κ1) is 109. The zero-order valence-electron chi connectivity index (χ0n) is 73.4. The minimum Gasteiger partial charge on any atom is -0.462 e. The molecule has 0 aromatic carbocycles. The van der Waals surface area contributed by atoms with E-state index in [1.165, 1.54) is 302 Å². The van der Waals surface area contributed by atoms with Crippen LogP contribution in [0.3, 0.4) is 0 Å². The van der Waals surface area contributed by atoms with Gasteiger partial charge in [0.1, 0.15) is 19.3 Å². The minimum atomic E-state index is -4.97. The highest BCUT2D eigenvalue weighted by Gasteiger charge is 2.31. The maximum Gasteiger partial charge on any atom is 0.472 e. The van der Waals surface area contributed by atoms with E-state index in [4.69, 9.17) is 37.0 Å². The van der Waals surface area contributed by atoms with Gasteiger partial charge in [0.2, 0.25) is 0 Å². The van der Waals surface area contributed by atoms with Crippen molar-refractivity contribution in [2.75, 3.05) is 39.6 Å². The molecule has 0 bridgehead atoms. The number of ether oxygens (including phenoxy) is 4. The third-order valence-electron chi connectivity index (χ3n) is 21.6. The van der Waals surface area contributed by atoms with Crippen LogP contribution in [0.5, 0.6) is 0 Å². The van der Waals surface area contributed by atoms with Gasteiger partial charge in [0.05, 0.1) is 26.4 Å². The molecule has 2 unspecified atom stereocenters. The summed E-state index contributed by atoms with van der Waals surface area (Å²) in [7, 11) is -9.94. The van der Waals surface area contributed by atoms with Gasteiger partial charge in [0, 0.05) is 25.7 Å². The number of aliphatic hydroxyl groups excluding tert-OH is 1. The number of carbonyl (C=O) groups is 4. The Labute approximate surface area is 683 Å². The maximum absolute atomic E-state index is 13.2. The predicted octanol–water partition coefficient (Wildman–Crippen LogP) is 28.4. The Kier molecular flexibility index (Phi) is 80.4. The monoisotopic (exact) mass is 1620 g/mol. The number of carbonyl (C=O) groups excluding carboxylic acids is 4. The summed E-state index contributed by atoms with van der Waals surface area (Å²) in [5.74, 6) is 0.280. The van der Waals surface area contributed by atoms with Gasteiger partial charge < -0.3 is 33.8 Å². The molecule has 0 saturated carbocycles.